The van der Waals surface area contributed by atoms with Crippen LogP contribution in [0.1, 0.15) is 28.8 Å². The van der Waals surface area contributed by atoms with Gasteiger partial charge in [0.15, 0.2) is 11.5 Å². The van der Waals surface area contributed by atoms with Crippen LogP contribution in [0.2, 0.25) is 0 Å². The van der Waals surface area contributed by atoms with Gasteiger partial charge in [-0.3, -0.25) is 9.59 Å². The van der Waals surface area contributed by atoms with Gasteiger partial charge in [0.1, 0.15) is 0 Å². The van der Waals surface area contributed by atoms with Crippen LogP contribution >= 0.6 is 11.8 Å². The number of carbonyl (C=O) groups excluding carboxylic acids is 2. The van der Waals surface area contributed by atoms with Gasteiger partial charge >= 0.3 is 0 Å². The van der Waals surface area contributed by atoms with E-state index in [4.69, 9.17) is 14.2 Å². The van der Waals surface area contributed by atoms with Crippen molar-refractivity contribution in [3.63, 3.8) is 0 Å². The van der Waals surface area contributed by atoms with E-state index in [9.17, 15) is 9.59 Å². The SMILES string of the molecule is COc1ccc(/C=C2\Sc3ccc(C(=O)NC[C@@H]4CCCO4)cc3N(C)C2=O)cc1OC. The zero-order valence-electron chi connectivity index (χ0n) is 18.3. The lowest BCUT2D eigenvalue weighted by atomic mass is 10.1. The van der Waals surface area contributed by atoms with E-state index in [0.717, 1.165) is 29.9 Å². The maximum absolute atomic E-state index is 13.0. The van der Waals surface area contributed by atoms with Crippen molar-refractivity contribution < 1.29 is 23.8 Å². The molecule has 0 aliphatic carbocycles. The van der Waals surface area contributed by atoms with Gasteiger partial charge in [0, 0.05) is 30.7 Å². The van der Waals surface area contributed by atoms with Gasteiger partial charge in [0.05, 0.1) is 30.9 Å². The second-order valence-electron chi connectivity index (χ2n) is 7.62. The highest BCUT2D eigenvalue weighted by Gasteiger charge is 2.27. The van der Waals surface area contributed by atoms with Crippen molar-refractivity contribution in [2.24, 2.45) is 0 Å². The lowest BCUT2D eigenvalue weighted by Crippen LogP contribution is -2.33. The Balaban J connectivity index is 1.53. The molecular formula is C24H26N2O5S. The molecule has 0 bridgehead atoms. The molecule has 2 aromatic carbocycles. The maximum atomic E-state index is 13.0. The first-order valence-electron chi connectivity index (χ1n) is 10.4. The molecule has 2 aliphatic rings. The van der Waals surface area contributed by atoms with Crippen LogP contribution in [0.4, 0.5) is 5.69 Å². The number of nitrogens with zero attached hydrogens (tertiary/aromatic N) is 1. The first-order valence-corrected chi connectivity index (χ1v) is 11.3. The number of hydrogen-bond donors (Lipinski definition) is 1. The topological polar surface area (TPSA) is 77.1 Å². The van der Waals surface area contributed by atoms with Gasteiger partial charge in [-0.2, -0.15) is 0 Å². The maximum Gasteiger partial charge on any atom is 0.264 e. The highest BCUT2D eigenvalue weighted by molar-refractivity contribution is 8.04. The number of ether oxygens (including phenoxy) is 3. The normalized spacial score (nSPS) is 19.1. The third-order valence-corrected chi connectivity index (χ3v) is 6.61. The number of benzene rings is 2. The molecule has 168 valence electrons. The Kier molecular flexibility index (Phi) is 6.72. The molecule has 0 saturated carbocycles. The van der Waals surface area contributed by atoms with Gasteiger partial charge in [-0.15, -0.1) is 0 Å². The van der Waals surface area contributed by atoms with Crippen molar-refractivity contribution in [2.45, 2.75) is 23.8 Å². The Labute approximate surface area is 191 Å². The van der Waals surface area contributed by atoms with Crippen LogP contribution in [-0.2, 0) is 9.53 Å². The smallest absolute Gasteiger partial charge is 0.264 e. The molecule has 1 atom stereocenters. The summed E-state index contributed by atoms with van der Waals surface area (Å²) < 4.78 is 16.2. The van der Waals surface area contributed by atoms with E-state index in [1.807, 2.05) is 30.3 Å². The lowest BCUT2D eigenvalue weighted by molar-refractivity contribution is -0.114. The number of carbonyl (C=O) groups is 2. The minimum Gasteiger partial charge on any atom is -0.493 e. The van der Waals surface area contributed by atoms with Gasteiger partial charge in [0.25, 0.3) is 11.8 Å². The van der Waals surface area contributed by atoms with Crippen LogP contribution in [0.5, 0.6) is 11.5 Å². The fourth-order valence-electron chi connectivity index (χ4n) is 3.74. The second kappa shape index (κ2) is 9.67. The molecule has 0 spiro atoms. The third-order valence-electron chi connectivity index (χ3n) is 5.54. The van der Waals surface area contributed by atoms with E-state index in [0.29, 0.717) is 34.2 Å². The summed E-state index contributed by atoms with van der Waals surface area (Å²) in [5.41, 5.74) is 2.07. The first-order chi connectivity index (χ1) is 15.5. The average molecular weight is 455 g/mol. The molecule has 8 heteroatoms. The molecule has 0 aromatic heterocycles. The molecule has 2 aliphatic heterocycles. The second-order valence-corrected chi connectivity index (χ2v) is 8.70. The lowest BCUT2D eigenvalue weighted by Gasteiger charge is -2.27. The Bertz CT molecular complexity index is 1060. The average Bonchev–Trinajstić information content (AvgIpc) is 3.34. The van der Waals surface area contributed by atoms with E-state index >= 15 is 0 Å². The number of hydrogen-bond acceptors (Lipinski definition) is 6. The largest absolute Gasteiger partial charge is 0.493 e. The summed E-state index contributed by atoms with van der Waals surface area (Å²) in [6.45, 7) is 1.25. The van der Waals surface area contributed by atoms with Crippen LogP contribution in [0, 0.1) is 0 Å². The van der Waals surface area contributed by atoms with Crippen LogP contribution < -0.4 is 19.7 Å². The zero-order chi connectivity index (χ0) is 22.7. The molecule has 1 saturated heterocycles. The number of amides is 2. The van der Waals surface area contributed by atoms with Gasteiger partial charge in [0.2, 0.25) is 0 Å². The molecule has 0 unspecified atom stereocenters. The van der Waals surface area contributed by atoms with E-state index in [1.54, 1.807) is 38.3 Å². The number of thioether (sulfide) groups is 1. The first kappa shape index (κ1) is 22.2. The number of anilines is 1. The number of nitrogens with one attached hydrogen (secondary N) is 1. The van der Waals surface area contributed by atoms with Crippen LogP contribution in [0.3, 0.4) is 0 Å². The minimum absolute atomic E-state index is 0.0839. The zero-order valence-corrected chi connectivity index (χ0v) is 19.2. The van der Waals surface area contributed by atoms with E-state index in [-0.39, 0.29) is 17.9 Å². The fourth-order valence-corrected chi connectivity index (χ4v) is 4.84. The number of likely N-dealkylation sites (N-methyl/N-ethyl adjacent to an activating group) is 1. The van der Waals surface area contributed by atoms with Gasteiger partial charge in [-0.1, -0.05) is 17.8 Å². The number of rotatable bonds is 6. The van der Waals surface area contributed by atoms with E-state index in [2.05, 4.69) is 5.32 Å². The summed E-state index contributed by atoms with van der Waals surface area (Å²) in [7, 11) is 4.88. The molecule has 32 heavy (non-hydrogen) atoms. The van der Waals surface area contributed by atoms with Crippen molar-refractivity contribution in [3.05, 3.63) is 52.4 Å². The monoisotopic (exact) mass is 454 g/mol. The minimum atomic E-state index is -0.166. The molecule has 4 rings (SSSR count). The van der Waals surface area contributed by atoms with Gasteiger partial charge < -0.3 is 24.4 Å². The molecule has 2 heterocycles. The van der Waals surface area contributed by atoms with Crippen molar-refractivity contribution in [2.75, 3.05) is 39.3 Å². The molecule has 2 amide bonds. The Morgan fingerprint density at radius 2 is 2.03 bits per heavy atom. The van der Waals surface area contributed by atoms with Crippen LogP contribution in [0.15, 0.2) is 46.2 Å². The summed E-state index contributed by atoms with van der Waals surface area (Å²) in [6, 6.07) is 10.9. The summed E-state index contributed by atoms with van der Waals surface area (Å²) >= 11 is 1.39. The summed E-state index contributed by atoms with van der Waals surface area (Å²) in [5, 5.41) is 2.93. The summed E-state index contributed by atoms with van der Waals surface area (Å²) in [6.07, 6.45) is 3.91. The molecule has 7 nitrogen and oxygen atoms in total. The molecule has 1 N–H and O–H groups in total. The van der Waals surface area contributed by atoms with Crippen LogP contribution in [-0.4, -0.2) is 52.3 Å². The van der Waals surface area contributed by atoms with Crippen molar-refractivity contribution >= 4 is 35.3 Å². The van der Waals surface area contributed by atoms with Crippen molar-refractivity contribution in [1.29, 1.82) is 0 Å². The van der Waals surface area contributed by atoms with Crippen molar-refractivity contribution in [1.82, 2.24) is 5.32 Å². The van der Waals surface area contributed by atoms with Gasteiger partial charge in [-0.05, 0) is 54.8 Å². The predicted molar refractivity (Wildman–Crippen MR) is 125 cm³/mol. The Hall–Kier alpha value is -2.97. The number of fused-ring (bicyclic) bond motifs is 1. The third kappa shape index (κ3) is 4.61. The molecule has 1 fully saturated rings. The predicted octanol–water partition coefficient (Wildman–Crippen LogP) is 3.72. The van der Waals surface area contributed by atoms with E-state index < -0.39 is 0 Å². The van der Waals surface area contributed by atoms with Crippen molar-refractivity contribution in [3.8, 4) is 11.5 Å². The van der Waals surface area contributed by atoms with Gasteiger partial charge in [-0.25, -0.2) is 0 Å². The number of methoxy groups -OCH3 is 2. The standard InChI is InChI=1S/C24H26N2O5S/c1-26-18-13-16(23(27)25-14-17-5-4-10-31-17)7-9-21(18)32-22(24(26)28)12-15-6-8-19(29-2)20(11-15)30-3/h6-9,11-13,17H,4-5,10,14H2,1-3H3,(H,25,27)/b22-12-/t17-/m0/s1. The summed E-state index contributed by atoms with van der Waals surface area (Å²) in [4.78, 5) is 28.7. The Morgan fingerprint density at radius 3 is 2.75 bits per heavy atom. The summed E-state index contributed by atoms with van der Waals surface area (Å²) in [5.74, 6) is 0.933. The molecule has 0 radical (unpaired) electrons. The fraction of sp³-hybridized carbons (Fsp3) is 0.333. The van der Waals surface area contributed by atoms with Crippen LogP contribution in [0.25, 0.3) is 6.08 Å². The highest BCUT2D eigenvalue weighted by Crippen LogP contribution is 2.42. The highest BCUT2D eigenvalue weighted by atomic mass is 32.2. The molecule has 2 aromatic rings. The molecular weight excluding hydrogens is 428 g/mol. The van der Waals surface area contributed by atoms with E-state index in [1.165, 1.54) is 11.8 Å². The quantitative estimate of drug-likeness (QED) is 0.671. The Morgan fingerprint density at radius 1 is 1.22 bits per heavy atom.